The Bertz CT molecular complexity index is 574. The second kappa shape index (κ2) is 5.87. The average Bonchev–Trinajstić information content (AvgIpc) is 2.85. The monoisotopic (exact) mass is 287 g/mol. The molecule has 1 nitrogen and oxygen atoms in total. The molecule has 1 aromatic heterocycles. The van der Waals surface area contributed by atoms with Crippen molar-refractivity contribution in [3.63, 3.8) is 0 Å². The van der Waals surface area contributed by atoms with Gasteiger partial charge in [-0.15, -0.1) is 11.3 Å². The van der Waals surface area contributed by atoms with Gasteiger partial charge < -0.3 is 5.73 Å². The molecule has 1 fully saturated rings. The maximum atomic E-state index is 6.87. The van der Waals surface area contributed by atoms with Crippen LogP contribution in [-0.2, 0) is 5.54 Å². The number of nitrogens with two attached hydrogens (primary N) is 1. The van der Waals surface area contributed by atoms with Crippen molar-refractivity contribution in [1.29, 1.82) is 0 Å². The van der Waals surface area contributed by atoms with Gasteiger partial charge >= 0.3 is 0 Å². The summed E-state index contributed by atoms with van der Waals surface area (Å²) in [5.74, 6) is 0.896. The van der Waals surface area contributed by atoms with Gasteiger partial charge in [0, 0.05) is 10.2 Å². The first kappa shape index (κ1) is 14.1. The van der Waals surface area contributed by atoms with E-state index in [-0.39, 0.29) is 5.54 Å². The molecule has 0 bridgehead atoms. The Morgan fingerprint density at radius 2 is 2.15 bits per heavy atom. The standard InChI is InChI=1S/C18H25NS/c1-2-5-14-6-4-11-18(19,12-9-14)16-8-3-7-15-10-13-20-17(15)16/h3,7-8,10,13-14H,2,4-6,9,11-12,19H2,1H3. The fraction of sp³-hybridized carbons (Fsp3) is 0.556. The van der Waals surface area contributed by atoms with Crippen LogP contribution in [-0.4, -0.2) is 0 Å². The van der Waals surface area contributed by atoms with E-state index in [4.69, 9.17) is 5.73 Å². The van der Waals surface area contributed by atoms with Crippen LogP contribution in [0.4, 0.5) is 0 Å². The zero-order valence-corrected chi connectivity index (χ0v) is 13.2. The molecule has 1 saturated carbocycles. The Morgan fingerprint density at radius 1 is 1.25 bits per heavy atom. The summed E-state index contributed by atoms with van der Waals surface area (Å²) >= 11 is 1.84. The summed E-state index contributed by atoms with van der Waals surface area (Å²) in [6.45, 7) is 2.30. The normalized spacial score (nSPS) is 27.6. The van der Waals surface area contributed by atoms with Crippen molar-refractivity contribution in [3.8, 4) is 0 Å². The maximum absolute atomic E-state index is 6.87. The Hall–Kier alpha value is -0.860. The number of thiophene rings is 1. The summed E-state index contributed by atoms with van der Waals surface area (Å²) in [7, 11) is 0. The highest BCUT2D eigenvalue weighted by Gasteiger charge is 2.32. The van der Waals surface area contributed by atoms with E-state index >= 15 is 0 Å². The molecule has 2 atom stereocenters. The molecule has 20 heavy (non-hydrogen) atoms. The molecule has 0 amide bonds. The molecule has 0 aliphatic heterocycles. The minimum absolute atomic E-state index is 0.104. The summed E-state index contributed by atoms with van der Waals surface area (Å²) in [4.78, 5) is 0. The van der Waals surface area contributed by atoms with Crippen molar-refractivity contribution >= 4 is 21.4 Å². The van der Waals surface area contributed by atoms with E-state index in [2.05, 4.69) is 36.6 Å². The molecular formula is C18H25NS. The quantitative estimate of drug-likeness (QED) is 0.748. The fourth-order valence-electron chi connectivity index (χ4n) is 3.79. The van der Waals surface area contributed by atoms with Gasteiger partial charge in [0.15, 0.2) is 0 Å². The average molecular weight is 287 g/mol. The Labute approximate surface area is 126 Å². The van der Waals surface area contributed by atoms with E-state index in [1.165, 1.54) is 47.8 Å². The molecule has 2 unspecified atom stereocenters. The van der Waals surface area contributed by atoms with Crippen LogP contribution in [0.25, 0.3) is 10.1 Å². The number of hydrogen-bond donors (Lipinski definition) is 1. The lowest BCUT2D eigenvalue weighted by atomic mass is 9.83. The van der Waals surface area contributed by atoms with Crippen molar-refractivity contribution in [1.82, 2.24) is 0 Å². The van der Waals surface area contributed by atoms with Crippen molar-refractivity contribution in [3.05, 3.63) is 35.2 Å². The Balaban J connectivity index is 1.90. The van der Waals surface area contributed by atoms with Crippen LogP contribution in [0.1, 0.15) is 57.4 Å². The predicted molar refractivity (Wildman–Crippen MR) is 89.2 cm³/mol. The van der Waals surface area contributed by atoms with E-state index < -0.39 is 0 Å². The lowest BCUT2D eigenvalue weighted by Gasteiger charge is -2.29. The summed E-state index contributed by atoms with van der Waals surface area (Å²) in [6, 6.07) is 8.85. The van der Waals surface area contributed by atoms with Crippen molar-refractivity contribution in [2.75, 3.05) is 0 Å². The van der Waals surface area contributed by atoms with Gasteiger partial charge in [-0.25, -0.2) is 0 Å². The predicted octanol–water partition coefficient (Wildman–Crippen LogP) is 5.44. The van der Waals surface area contributed by atoms with Gasteiger partial charge in [-0.1, -0.05) is 50.8 Å². The third-order valence-corrected chi connectivity index (χ3v) is 5.91. The molecule has 1 aliphatic carbocycles. The molecule has 1 aliphatic rings. The van der Waals surface area contributed by atoms with Crippen LogP contribution in [0.2, 0.25) is 0 Å². The lowest BCUT2D eigenvalue weighted by Crippen LogP contribution is -2.36. The molecule has 108 valence electrons. The van der Waals surface area contributed by atoms with E-state index in [0.717, 1.165) is 18.8 Å². The van der Waals surface area contributed by atoms with Crippen LogP contribution < -0.4 is 5.73 Å². The molecule has 1 heterocycles. The van der Waals surface area contributed by atoms with Crippen molar-refractivity contribution in [2.24, 2.45) is 11.7 Å². The zero-order valence-electron chi connectivity index (χ0n) is 12.4. The highest BCUT2D eigenvalue weighted by Crippen LogP contribution is 2.41. The topological polar surface area (TPSA) is 26.0 Å². The van der Waals surface area contributed by atoms with Gasteiger partial charge in [-0.3, -0.25) is 0 Å². The van der Waals surface area contributed by atoms with Crippen LogP contribution >= 0.6 is 11.3 Å². The minimum Gasteiger partial charge on any atom is -0.321 e. The second-order valence-corrected chi connectivity index (χ2v) is 7.30. The fourth-order valence-corrected chi connectivity index (χ4v) is 4.81. The molecule has 0 radical (unpaired) electrons. The van der Waals surface area contributed by atoms with Crippen LogP contribution in [0.3, 0.4) is 0 Å². The van der Waals surface area contributed by atoms with Gasteiger partial charge in [-0.2, -0.15) is 0 Å². The SMILES string of the molecule is CCCC1CCCC(N)(c2cccc3ccsc23)CC1. The maximum Gasteiger partial charge on any atom is 0.0424 e. The molecule has 0 spiro atoms. The summed E-state index contributed by atoms with van der Waals surface area (Å²) in [5.41, 5.74) is 8.16. The van der Waals surface area contributed by atoms with E-state index in [0.29, 0.717) is 0 Å². The first-order valence-electron chi connectivity index (χ1n) is 7.98. The Morgan fingerprint density at radius 3 is 3.00 bits per heavy atom. The molecular weight excluding hydrogens is 262 g/mol. The van der Waals surface area contributed by atoms with Gasteiger partial charge in [-0.05, 0) is 47.6 Å². The number of fused-ring (bicyclic) bond motifs is 1. The van der Waals surface area contributed by atoms with Gasteiger partial charge in [0.25, 0.3) is 0 Å². The highest BCUT2D eigenvalue weighted by atomic mass is 32.1. The number of rotatable bonds is 3. The lowest BCUT2D eigenvalue weighted by molar-refractivity contribution is 0.369. The highest BCUT2D eigenvalue weighted by molar-refractivity contribution is 7.17. The van der Waals surface area contributed by atoms with E-state index in [1.54, 1.807) is 0 Å². The first-order chi connectivity index (χ1) is 9.73. The van der Waals surface area contributed by atoms with Crippen LogP contribution in [0.5, 0.6) is 0 Å². The van der Waals surface area contributed by atoms with Gasteiger partial charge in [0.1, 0.15) is 0 Å². The third kappa shape index (κ3) is 2.64. The third-order valence-electron chi connectivity index (χ3n) is 4.95. The Kier molecular flexibility index (Phi) is 4.13. The van der Waals surface area contributed by atoms with Gasteiger partial charge in [0.05, 0.1) is 0 Å². The van der Waals surface area contributed by atoms with Gasteiger partial charge in [0.2, 0.25) is 0 Å². The molecule has 2 N–H and O–H groups in total. The summed E-state index contributed by atoms with van der Waals surface area (Å²) < 4.78 is 1.41. The smallest absolute Gasteiger partial charge is 0.0424 e. The second-order valence-electron chi connectivity index (χ2n) is 6.39. The minimum atomic E-state index is -0.104. The number of benzene rings is 1. The van der Waals surface area contributed by atoms with Crippen molar-refractivity contribution < 1.29 is 0 Å². The summed E-state index contributed by atoms with van der Waals surface area (Å²) in [5, 5.41) is 3.54. The molecule has 0 saturated heterocycles. The summed E-state index contributed by atoms with van der Waals surface area (Å²) in [6.07, 6.45) is 8.92. The van der Waals surface area contributed by atoms with Crippen LogP contribution in [0, 0.1) is 5.92 Å². The van der Waals surface area contributed by atoms with Crippen molar-refractivity contribution in [2.45, 2.75) is 57.4 Å². The van der Waals surface area contributed by atoms with E-state index in [1.807, 2.05) is 11.3 Å². The first-order valence-corrected chi connectivity index (χ1v) is 8.86. The molecule has 2 aromatic rings. The van der Waals surface area contributed by atoms with Crippen LogP contribution in [0.15, 0.2) is 29.6 Å². The molecule has 2 heteroatoms. The molecule has 1 aromatic carbocycles. The zero-order chi connectivity index (χ0) is 14.0. The largest absolute Gasteiger partial charge is 0.321 e. The van der Waals surface area contributed by atoms with E-state index in [9.17, 15) is 0 Å². The molecule has 3 rings (SSSR count). The number of hydrogen-bond acceptors (Lipinski definition) is 2.